The van der Waals surface area contributed by atoms with Gasteiger partial charge in [0, 0.05) is 30.2 Å². The number of rotatable bonds is 3. The van der Waals surface area contributed by atoms with Gasteiger partial charge in [-0.15, -0.1) is 0 Å². The summed E-state index contributed by atoms with van der Waals surface area (Å²) in [7, 11) is 0. The number of carbonyl (C=O) groups is 1. The van der Waals surface area contributed by atoms with E-state index in [4.69, 9.17) is 0 Å². The zero-order valence-corrected chi connectivity index (χ0v) is 10.2. The maximum absolute atomic E-state index is 11.8. The number of likely N-dealkylation sites (tertiary alicyclic amines) is 1. The molecule has 4 heteroatoms. The number of nitrogens with zero attached hydrogens (tertiary/aromatic N) is 1. The first-order valence-electron chi connectivity index (χ1n) is 5.31. The predicted octanol–water partition coefficient (Wildman–Crippen LogP) is 2.46. The summed E-state index contributed by atoms with van der Waals surface area (Å²) in [6, 6.07) is 4.32. The summed E-state index contributed by atoms with van der Waals surface area (Å²) in [6.07, 6.45) is 4.70. The van der Waals surface area contributed by atoms with Crippen molar-refractivity contribution >= 4 is 21.8 Å². The Labute approximate surface area is 98.0 Å². The molecule has 2 rings (SSSR count). The molecule has 1 atom stereocenters. The van der Waals surface area contributed by atoms with Crippen LogP contribution in [-0.4, -0.2) is 27.7 Å². The lowest BCUT2D eigenvalue weighted by Gasteiger charge is -2.23. The maximum Gasteiger partial charge on any atom is 0.223 e. The minimum absolute atomic E-state index is 0.254. The topological polar surface area (TPSA) is 36.1 Å². The molecule has 15 heavy (non-hydrogen) atoms. The number of aromatic nitrogens is 1. The molecule has 1 aromatic rings. The Bertz CT molecular complexity index is 323. The predicted molar refractivity (Wildman–Crippen MR) is 62.9 cm³/mol. The van der Waals surface area contributed by atoms with E-state index in [0.717, 1.165) is 30.4 Å². The van der Waals surface area contributed by atoms with E-state index in [1.165, 1.54) is 0 Å². The number of hydrogen-bond acceptors (Lipinski definition) is 1. The Morgan fingerprint density at radius 1 is 1.67 bits per heavy atom. The molecule has 1 saturated heterocycles. The Balaban J connectivity index is 2.08. The molecule has 2 heterocycles. The summed E-state index contributed by atoms with van der Waals surface area (Å²) in [6.45, 7) is 0.898. The fourth-order valence-corrected chi connectivity index (χ4v) is 2.50. The van der Waals surface area contributed by atoms with Gasteiger partial charge in [-0.25, -0.2) is 0 Å². The van der Waals surface area contributed by atoms with Crippen LogP contribution in [0.1, 0.15) is 31.0 Å². The van der Waals surface area contributed by atoms with Crippen molar-refractivity contribution in [3.8, 4) is 0 Å². The van der Waals surface area contributed by atoms with E-state index >= 15 is 0 Å². The first-order chi connectivity index (χ1) is 7.33. The van der Waals surface area contributed by atoms with Crippen LogP contribution in [0.3, 0.4) is 0 Å². The quantitative estimate of drug-likeness (QED) is 0.842. The molecule has 1 aromatic heterocycles. The van der Waals surface area contributed by atoms with Crippen LogP contribution in [0, 0.1) is 0 Å². The number of alkyl halides is 1. The van der Waals surface area contributed by atoms with E-state index in [1.54, 1.807) is 0 Å². The lowest BCUT2D eigenvalue weighted by atomic mass is 10.1. The van der Waals surface area contributed by atoms with Crippen LogP contribution >= 0.6 is 15.9 Å². The molecule has 0 spiro atoms. The van der Waals surface area contributed by atoms with E-state index in [1.807, 2.05) is 17.2 Å². The number of carbonyl (C=O) groups excluding carboxylic acids is 1. The number of nitrogens with one attached hydrogen (secondary N) is 1. The largest absolute Gasteiger partial charge is 0.363 e. The lowest BCUT2D eigenvalue weighted by molar-refractivity contribution is -0.131. The molecule has 1 fully saturated rings. The molecule has 1 amide bonds. The van der Waals surface area contributed by atoms with Gasteiger partial charge in [-0.05, 0) is 25.0 Å². The molecule has 0 radical (unpaired) electrons. The summed E-state index contributed by atoms with van der Waals surface area (Å²) in [5, 5.41) is 0.750. The van der Waals surface area contributed by atoms with Gasteiger partial charge < -0.3 is 9.88 Å². The van der Waals surface area contributed by atoms with Crippen molar-refractivity contribution < 1.29 is 4.79 Å². The van der Waals surface area contributed by atoms with Gasteiger partial charge in [0.15, 0.2) is 0 Å². The second-order valence-electron chi connectivity index (χ2n) is 3.81. The smallest absolute Gasteiger partial charge is 0.223 e. The van der Waals surface area contributed by atoms with Crippen LogP contribution in [0.25, 0.3) is 0 Å². The number of hydrogen-bond donors (Lipinski definition) is 1. The van der Waals surface area contributed by atoms with Crippen LogP contribution < -0.4 is 0 Å². The average molecular weight is 271 g/mol. The van der Waals surface area contributed by atoms with E-state index < -0.39 is 0 Å². The highest BCUT2D eigenvalue weighted by Gasteiger charge is 2.29. The zero-order chi connectivity index (χ0) is 10.7. The maximum atomic E-state index is 11.8. The Morgan fingerprint density at radius 2 is 2.53 bits per heavy atom. The van der Waals surface area contributed by atoms with Gasteiger partial charge in [-0.2, -0.15) is 0 Å². The molecule has 0 bridgehead atoms. The Morgan fingerprint density at radius 3 is 3.20 bits per heavy atom. The third kappa shape index (κ3) is 2.25. The van der Waals surface area contributed by atoms with E-state index in [0.29, 0.717) is 6.42 Å². The van der Waals surface area contributed by atoms with E-state index in [-0.39, 0.29) is 11.9 Å². The fourth-order valence-electron chi connectivity index (χ4n) is 2.16. The van der Waals surface area contributed by atoms with Crippen molar-refractivity contribution in [1.82, 2.24) is 9.88 Å². The van der Waals surface area contributed by atoms with Crippen LogP contribution in [-0.2, 0) is 4.79 Å². The van der Waals surface area contributed by atoms with Gasteiger partial charge in [0.05, 0.1) is 6.04 Å². The summed E-state index contributed by atoms with van der Waals surface area (Å²) in [5.74, 6) is 0.254. The number of aromatic amines is 1. The van der Waals surface area contributed by atoms with Crippen LogP contribution in [0.2, 0.25) is 0 Å². The molecule has 0 aliphatic carbocycles. The summed E-state index contributed by atoms with van der Waals surface area (Å²) < 4.78 is 0. The molecule has 0 aromatic carbocycles. The first-order valence-corrected chi connectivity index (χ1v) is 6.44. The Kier molecular flexibility index (Phi) is 3.46. The van der Waals surface area contributed by atoms with E-state index in [2.05, 4.69) is 27.0 Å². The molecule has 0 saturated carbocycles. The average Bonchev–Trinajstić information content (AvgIpc) is 2.88. The van der Waals surface area contributed by atoms with Gasteiger partial charge in [0.2, 0.25) is 5.91 Å². The second-order valence-corrected chi connectivity index (χ2v) is 4.60. The van der Waals surface area contributed by atoms with Gasteiger partial charge in [-0.3, -0.25) is 4.79 Å². The molecular weight excluding hydrogens is 256 g/mol. The zero-order valence-electron chi connectivity index (χ0n) is 8.58. The third-order valence-electron chi connectivity index (χ3n) is 2.86. The standard InChI is InChI=1S/C11H15BrN2O/c12-6-5-11(15)14-8-2-4-10(14)9-3-1-7-13-9/h1,3,7,10,13H,2,4-6,8H2. The van der Waals surface area contributed by atoms with Crippen LogP contribution in [0.5, 0.6) is 0 Å². The summed E-state index contributed by atoms with van der Waals surface area (Å²) >= 11 is 3.31. The van der Waals surface area contributed by atoms with Crippen molar-refractivity contribution in [2.45, 2.75) is 25.3 Å². The van der Waals surface area contributed by atoms with Crippen molar-refractivity contribution in [2.24, 2.45) is 0 Å². The van der Waals surface area contributed by atoms with Gasteiger partial charge in [0.25, 0.3) is 0 Å². The SMILES string of the molecule is O=C(CCBr)N1CCCC1c1ccc[nH]1. The van der Waals surface area contributed by atoms with Crippen molar-refractivity contribution in [3.63, 3.8) is 0 Å². The molecule has 82 valence electrons. The van der Waals surface area contributed by atoms with Crippen molar-refractivity contribution in [2.75, 3.05) is 11.9 Å². The van der Waals surface area contributed by atoms with Gasteiger partial charge >= 0.3 is 0 Å². The number of H-pyrrole nitrogens is 1. The van der Waals surface area contributed by atoms with Crippen molar-refractivity contribution in [3.05, 3.63) is 24.0 Å². The molecular formula is C11H15BrN2O. The summed E-state index contributed by atoms with van der Waals surface area (Å²) in [4.78, 5) is 17.0. The molecule has 1 unspecified atom stereocenters. The number of halogens is 1. The van der Waals surface area contributed by atoms with Crippen LogP contribution in [0.15, 0.2) is 18.3 Å². The monoisotopic (exact) mass is 270 g/mol. The second kappa shape index (κ2) is 4.84. The number of amides is 1. The normalized spacial score (nSPS) is 20.9. The van der Waals surface area contributed by atoms with Gasteiger partial charge in [-0.1, -0.05) is 15.9 Å². The fraction of sp³-hybridized carbons (Fsp3) is 0.545. The lowest BCUT2D eigenvalue weighted by Crippen LogP contribution is -2.30. The van der Waals surface area contributed by atoms with Gasteiger partial charge in [0.1, 0.15) is 0 Å². The minimum atomic E-state index is 0.254. The Hall–Kier alpha value is -0.770. The van der Waals surface area contributed by atoms with E-state index in [9.17, 15) is 4.79 Å². The third-order valence-corrected chi connectivity index (χ3v) is 3.26. The highest BCUT2D eigenvalue weighted by atomic mass is 79.9. The highest BCUT2D eigenvalue weighted by molar-refractivity contribution is 9.09. The molecule has 1 N–H and O–H groups in total. The molecule has 1 aliphatic heterocycles. The van der Waals surface area contributed by atoms with Crippen LogP contribution in [0.4, 0.5) is 0 Å². The first kappa shape index (κ1) is 10.7. The molecule has 1 aliphatic rings. The minimum Gasteiger partial charge on any atom is -0.363 e. The van der Waals surface area contributed by atoms with Crippen molar-refractivity contribution in [1.29, 1.82) is 0 Å². The molecule has 3 nitrogen and oxygen atoms in total. The summed E-state index contributed by atoms with van der Waals surface area (Å²) in [5.41, 5.74) is 1.16. The highest BCUT2D eigenvalue weighted by Crippen LogP contribution is 2.31.